The maximum atomic E-state index is 13.7. The third-order valence-electron chi connectivity index (χ3n) is 12.5. The van der Waals surface area contributed by atoms with Crippen LogP contribution in [0.5, 0.6) is 5.75 Å². The molecule has 6 rings (SSSR count). The number of rotatable bonds is 2. The van der Waals surface area contributed by atoms with E-state index in [1.165, 1.54) is 11.1 Å². The van der Waals surface area contributed by atoms with Crippen LogP contribution in [-0.4, -0.2) is 73.4 Å². The summed E-state index contributed by atoms with van der Waals surface area (Å²) in [5.74, 6) is -0.404. The summed E-state index contributed by atoms with van der Waals surface area (Å²) in [6.07, 6.45) is 6.06. The van der Waals surface area contributed by atoms with Crippen molar-refractivity contribution in [1.82, 2.24) is 9.62 Å². The largest absolute Gasteiger partial charge is 0.490 e. The zero-order chi connectivity index (χ0) is 36.2. The number of hydrogen-bond donors (Lipinski definition) is 2. The molecule has 1 saturated carbocycles. The lowest BCUT2D eigenvalue weighted by Crippen LogP contribution is -2.55. The molecule has 0 aromatic heterocycles. The van der Waals surface area contributed by atoms with Gasteiger partial charge in [-0.2, -0.15) is 0 Å². The van der Waals surface area contributed by atoms with E-state index < -0.39 is 32.3 Å². The molecule has 2 bridgehead atoms. The summed E-state index contributed by atoms with van der Waals surface area (Å²) in [4.78, 5) is 31.3. The molecule has 2 aliphatic carbocycles. The maximum Gasteiger partial charge on any atom is 0.264 e. The highest BCUT2D eigenvalue weighted by Crippen LogP contribution is 2.50. The summed E-state index contributed by atoms with van der Waals surface area (Å²) in [5, 5.41) is 12.5. The number of carbonyl (C=O) groups is 2. The Hall–Kier alpha value is -2.82. The van der Waals surface area contributed by atoms with Crippen LogP contribution >= 0.6 is 11.6 Å². The summed E-state index contributed by atoms with van der Waals surface area (Å²) in [5.41, 5.74) is 1.45. The molecule has 1 spiro atoms. The second-order valence-electron chi connectivity index (χ2n) is 16.7. The van der Waals surface area contributed by atoms with Crippen molar-refractivity contribution in [3.63, 3.8) is 0 Å². The van der Waals surface area contributed by atoms with Crippen LogP contribution < -0.4 is 14.4 Å². The van der Waals surface area contributed by atoms with E-state index in [-0.39, 0.29) is 41.1 Å². The lowest BCUT2D eigenvalue weighted by atomic mass is 9.61. The minimum Gasteiger partial charge on any atom is -0.490 e. The number of nitrogens with zero attached hydrogens (tertiary/aromatic N) is 2. The highest BCUT2D eigenvalue weighted by Gasteiger charge is 2.50. The zero-order valence-electron chi connectivity index (χ0n) is 30.4. The fourth-order valence-electron chi connectivity index (χ4n) is 8.74. The number of amides is 2. The molecule has 1 fully saturated rings. The van der Waals surface area contributed by atoms with Gasteiger partial charge in [-0.05, 0) is 132 Å². The fourth-order valence-corrected chi connectivity index (χ4v) is 10.2. The van der Waals surface area contributed by atoms with Gasteiger partial charge in [0.2, 0.25) is 15.9 Å². The highest BCUT2D eigenvalue weighted by atomic mass is 35.5. The average Bonchev–Trinajstić information content (AvgIpc) is 3.17. The van der Waals surface area contributed by atoms with Gasteiger partial charge in [0.15, 0.2) is 0 Å². The molecule has 9 nitrogen and oxygen atoms in total. The van der Waals surface area contributed by atoms with Crippen LogP contribution in [0.3, 0.4) is 0 Å². The Balaban J connectivity index is 1.43. The van der Waals surface area contributed by atoms with Gasteiger partial charge in [-0.1, -0.05) is 31.0 Å². The first-order valence-corrected chi connectivity index (χ1v) is 20.2. The third kappa shape index (κ3) is 7.13. The van der Waals surface area contributed by atoms with E-state index in [2.05, 4.69) is 21.8 Å². The highest BCUT2D eigenvalue weighted by molar-refractivity contribution is 7.90. The summed E-state index contributed by atoms with van der Waals surface area (Å²) in [6.45, 7) is 11.1. The molecule has 11 heteroatoms. The number of benzene rings is 2. The van der Waals surface area contributed by atoms with Crippen LogP contribution in [0, 0.1) is 17.8 Å². The SMILES string of the molecule is C[C@@H]1[C@@H](C)CCC[C@@](O)(CC(=O)N(C)C(C)(C)C)[C@@H]2CC[C@H]2CN2C[C@@]3(CCCc4cc(Cl)ccc43)COc3ccc(cc32)C(=O)NS1(=O)=O. The van der Waals surface area contributed by atoms with E-state index >= 15 is 0 Å². The summed E-state index contributed by atoms with van der Waals surface area (Å²) in [6, 6.07) is 11.3. The zero-order valence-corrected chi connectivity index (χ0v) is 32.0. The standard InChI is InChI=1S/C39H54ClN3O6S/c1-25-9-7-18-39(46,21-35(44)42(6)37(3,4)5)32-14-11-29(32)22-43-23-38(17-8-10-27-19-30(40)13-15-31(27)38)24-49-34-16-12-28(20-33(34)43)36(45)41-50(47,48)26(25)2/h12-13,15-16,19-20,25-26,29,32,46H,7-11,14,17-18,21-24H2,1-6H3,(H,41,45)/t25-,26+,29-,32+,38-,39+/m0/s1. The lowest BCUT2D eigenvalue weighted by molar-refractivity contribution is -0.148. The van der Waals surface area contributed by atoms with Crippen LogP contribution in [-0.2, 0) is 26.7 Å². The predicted molar refractivity (Wildman–Crippen MR) is 197 cm³/mol. The van der Waals surface area contributed by atoms with Crippen LogP contribution in [0.25, 0.3) is 0 Å². The molecular weight excluding hydrogens is 674 g/mol. The molecule has 2 N–H and O–H groups in total. The second kappa shape index (κ2) is 13.6. The number of ether oxygens (including phenoxy) is 1. The molecule has 2 aliphatic heterocycles. The Bertz CT molecular complexity index is 1740. The second-order valence-corrected chi connectivity index (χ2v) is 19.2. The van der Waals surface area contributed by atoms with Crippen LogP contribution in [0.15, 0.2) is 36.4 Å². The molecule has 0 unspecified atom stereocenters. The first-order chi connectivity index (χ1) is 23.4. The summed E-state index contributed by atoms with van der Waals surface area (Å²) < 4.78 is 35.9. The van der Waals surface area contributed by atoms with Crippen molar-refractivity contribution in [3.05, 3.63) is 58.1 Å². The first-order valence-electron chi connectivity index (χ1n) is 18.3. The van der Waals surface area contributed by atoms with Crippen LogP contribution in [0.4, 0.5) is 5.69 Å². The van der Waals surface area contributed by atoms with Crippen molar-refractivity contribution in [2.24, 2.45) is 17.8 Å². The van der Waals surface area contributed by atoms with E-state index in [1.807, 2.05) is 33.8 Å². The van der Waals surface area contributed by atoms with Gasteiger partial charge in [0.25, 0.3) is 5.91 Å². The van der Waals surface area contributed by atoms with E-state index in [0.717, 1.165) is 37.8 Å². The molecule has 0 radical (unpaired) electrons. The minimum atomic E-state index is -4.00. The quantitative estimate of drug-likeness (QED) is 0.364. The molecule has 274 valence electrons. The molecular formula is C39H54ClN3O6S. The van der Waals surface area contributed by atoms with Gasteiger partial charge < -0.3 is 19.6 Å². The van der Waals surface area contributed by atoms with Gasteiger partial charge in [0.1, 0.15) is 5.75 Å². The predicted octanol–water partition coefficient (Wildman–Crippen LogP) is 6.49. The van der Waals surface area contributed by atoms with Crippen molar-refractivity contribution in [1.29, 1.82) is 0 Å². The number of sulfonamides is 1. The number of nitrogens with one attached hydrogen (secondary N) is 1. The molecule has 6 atom stereocenters. The fraction of sp³-hybridized carbons (Fsp3) is 0.641. The lowest BCUT2D eigenvalue weighted by Gasteiger charge is -2.50. The maximum absolute atomic E-state index is 13.7. The monoisotopic (exact) mass is 727 g/mol. The molecule has 0 saturated heterocycles. The molecule has 2 aromatic rings. The summed E-state index contributed by atoms with van der Waals surface area (Å²) >= 11 is 6.45. The number of aliphatic hydroxyl groups is 1. The number of hydrogen-bond acceptors (Lipinski definition) is 7. The van der Waals surface area contributed by atoms with Crippen molar-refractivity contribution in [3.8, 4) is 5.75 Å². The van der Waals surface area contributed by atoms with Crippen molar-refractivity contribution >= 4 is 39.1 Å². The average molecular weight is 728 g/mol. The van der Waals surface area contributed by atoms with E-state index in [1.54, 1.807) is 37.1 Å². The van der Waals surface area contributed by atoms with Crippen LogP contribution in [0.1, 0.15) is 107 Å². The minimum absolute atomic E-state index is 0.0160. The van der Waals surface area contributed by atoms with E-state index in [9.17, 15) is 23.1 Å². The Morgan fingerprint density at radius 3 is 2.56 bits per heavy atom. The molecule has 2 heterocycles. The van der Waals surface area contributed by atoms with Gasteiger partial charge in [-0.25, -0.2) is 13.1 Å². The smallest absolute Gasteiger partial charge is 0.264 e. The number of carbonyl (C=O) groups excluding carboxylic acids is 2. The van der Waals surface area contributed by atoms with Gasteiger partial charge in [-0.15, -0.1) is 0 Å². The van der Waals surface area contributed by atoms with Gasteiger partial charge in [0.05, 0.1) is 29.6 Å². The Morgan fingerprint density at radius 1 is 1.10 bits per heavy atom. The molecule has 2 amide bonds. The molecule has 4 aliphatic rings. The van der Waals surface area contributed by atoms with E-state index in [4.69, 9.17) is 16.3 Å². The normalized spacial score (nSPS) is 31.3. The summed E-state index contributed by atoms with van der Waals surface area (Å²) in [7, 11) is -2.20. The number of halogens is 1. The Labute approximate surface area is 303 Å². The van der Waals surface area contributed by atoms with E-state index in [0.29, 0.717) is 49.7 Å². The molecule has 2 aromatic carbocycles. The first kappa shape index (κ1) is 37.0. The van der Waals surface area contributed by atoms with Crippen molar-refractivity contribution in [2.75, 3.05) is 31.6 Å². The van der Waals surface area contributed by atoms with Gasteiger partial charge in [-0.3, -0.25) is 9.59 Å². The van der Waals surface area contributed by atoms with Crippen molar-refractivity contribution in [2.45, 2.75) is 114 Å². The number of fused-ring (bicyclic) bond motifs is 4. The van der Waals surface area contributed by atoms with Gasteiger partial charge >= 0.3 is 0 Å². The van der Waals surface area contributed by atoms with Crippen molar-refractivity contribution < 1.29 is 27.9 Å². The Kier molecular flexibility index (Phi) is 10.1. The third-order valence-corrected chi connectivity index (χ3v) is 14.6. The molecule has 50 heavy (non-hydrogen) atoms. The topological polar surface area (TPSA) is 116 Å². The number of aryl methyl sites for hydroxylation is 1. The number of anilines is 1. The van der Waals surface area contributed by atoms with Crippen LogP contribution in [0.2, 0.25) is 5.02 Å². The van der Waals surface area contributed by atoms with Gasteiger partial charge in [0, 0.05) is 41.7 Å². The Morgan fingerprint density at radius 2 is 1.86 bits per heavy atom.